The monoisotopic (exact) mass is 490 g/mol. The molecular weight excluding hydrogens is 468 g/mol. The highest BCUT2D eigenvalue weighted by Gasteiger charge is 2.32. The molecular formula is C22H23BrN2O2S2. The average molecular weight is 491 g/mol. The number of aryl methyl sites for hydroxylation is 2. The smallest absolute Gasteiger partial charge is 0.185 e. The molecule has 2 aromatic carbocycles. The summed E-state index contributed by atoms with van der Waals surface area (Å²) in [7, 11) is -3.31. The SMILES string of the molecule is Cc1ccc(C)c(-c2csc(N3CCC(S(=O)(=O)c4cccc(Br)c4)CC3)n2)c1. The minimum Gasteiger partial charge on any atom is -0.348 e. The number of anilines is 1. The number of piperidine rings is 1. The maximum atomic E-state index is 13.0. The molecule has 29 heavy (non-hydrogen) atoms. The Morgan fingerprint density at radius 3 is 2.59 bits per heavy atom. The zero-order valence-corrected chi connectivity index (χ0v) is 19.6. The number of rotatable bonds is 4. The summed E-state index contributed by atoms with van der Waals surface area (Å²) in [6.07, 6.45) is 1.24. The Morgan fingerprint density at radius 1 is 1.10 bits per heavy atom. The van der Waals surface area contributed by atoms with Crippen molar-refractivity contribution in [2.75, 3.05) is 18.0 Å². The standard InChI is InChI=1S/C22H23BrN2O2S2/c1-15-6-7-16(2)20(12-15)21-14-28-22(24-21)25-10-8-18(9-11-25)29(26,27)19-5-3-4-17(23)13-19/h3-7,12-14,18H,8-11H2,1-2H3. The third-order valence-corrected chi connectivity index (χ3v) is 9.09. The fraction of sp³-hybridized carbons (Fsp3) is 0.318. The summed E-state index contributed by atoms with van der Waals surface area (Å²) in [4.78, 5) is 7.47. The van der Waals surface area contributed by atoms with Gasteiger partial charge in [0.15, 0.2) is 15.0 Å². The van der Waals surface area contributed by atoms with Crippen LogP contribution in [-0.4, -0.2) is 31.7 Å². The van der Waals surface area contributed by atoms with Crippen molar-refractivity contribution in [3.8, 4) is 11.3 Å². The summed E-state index contributed by atoms with van der Waals surface area (Å²) in [5.41, 5.74) is 4.60. The van der Waals surface area contributed by atoms with Crippen LogP contribution >= 0.6 is 27.3 Å². The quantitative estimate of drug-likeness (QED) is 0.475. The van der Waals surface area contributed by atoms with Gasteiger partial charge in [-0.15, -0.1) is 11.3 Å². The lowest BCUT2D eigenvalue weighted by Crippen LogP contribution is -2.39. The molecule has 0 aliphatic carbocycles. The summed E-state index contributed by atoms with van der Waals surface area (Å²) < 4.78 is 26.8. The Bertz CT molecular complexity index is 1130. The molecule has 0 bridgehead atoms. The number of halogens is 1. The van der Waals surface area contributed by atoms with Gasteiger partial charge in [-0.1, -0.05) is 39.7 Å². The zero-order valence-electron chi connectivity index (χ0n) is 16.4. The largest absolute Gasteiger partial charge is 0.348 e. The molecule has 4 nitrogen and oxygen atoms in total. The van der Waals surface area contributed by atoms with Crippen LogP contribution < -0.4 is 4.90 Å². The Morgan fingerprint density at radius 2 is 1.86 bits per heavy atom. The minimum atomic E-state index is -3.31. The van der Waals surface area contributed by atoms with Crippen LogP contribution in [0.25, 0.3) is 11.3 Å². The Balaban J connectivity index is 1.48. The predicted octanol–water partition coefficient (Wildman–Crippen LogP) is 5.63. The highest BCUT2D eigenvalue weighted by molar-refractivity contribution is 9.10. The van der Waals surface area contributed by atoms with Crippen molar-refractivity contribution in [1.82, 2.24) is 4.98 Å². The molecule has 0 saturated carbocycles. The van der Waals surface area contributed by atoms with E-state index in [1.54, 1.807) is 29.5 Å². The van der Waals surface area contributed by atoms with Gasteiger partial charge >= 0.3 is 0 Å². The molecule has 2 heterocycles. The summed E-state index contributed by atoms with van der Waals surface area (Å²) in [6.45, 7) is 5.61. The summed E-state index contributed by atoms with van der Waals surface area (Å²) >= 11 is 5.00. The van der Waals surface area contributed by atoms with E-state index in [2.05, 4.69) is 58.3 Å². The van der Waals surface area contributed by atoms with Crippen LogP contribution in [0.4, 0.5) is 5.13 Å². The molecule has 4 rings (SSSR count). The lowest BCUT2D eigenvalue weighted by Gasteiger charge is -2.31. The van der Waals surface area contributed by atoms with E-state index in [9.17, 15) is 8.42 Å². The van der Waals surface area contributed by atoms with Crippen LogP contribution in [0.2, 0.25) is 0 Å². The van der Waals surface area contributed by atoms with E-state index in [0.717, 1.165) is 15.3 Å². The van der Waals surface area contributed by atoms with E-state index in [1.165, 1.54) is 16.7 Å². The number of aromatic nitrogens is 1. The number of hydrogen-bond acceptors (Lipinski definition) is 5. The van der Waals surface area contributed by atoms with Crippen molar-refractivity contribution in [3.63, 3.8) is 0 Å². The molecule has 0 atom stereocenters. The van der Waals surface area contributed by atoms with Crippen molar-refractivity contribution in [2.24, 2.45) is 0 Å². The molecule has 1 aromatic heterocycles. The van der Waals surface area contributed by atoms with Crippen molar-refractivity contribution < 1.29 is 8.42 Å². The first kappa shape index (κ1) is 20.6. The van der Waals surface area contributed by atoms with E-state index in [-0.39, 0.29) is 5.25 Å². The molecule has 7 heteroatoms. The van der Waals surface area contributed by atoms with Gasteiger partial charge in [-0.3, -0.25) is 0 Å². The van der Waals surface area contributed by atoms with Crippen LogP contribution in [0.1, 0.15) is 24.0 Å². The van der Waals surface area contributed by atoms with Crippen molar-refractivity contribution >= 4 is 42.2 Å². The van der Waals surface area contributed by atoms with Crippen LogP contribution in [0.15, 0.2) is 57.2 Å². The molecule has 0 spiro atoms. The fourth-order valence-electron chi connectivity index (χ4n) is 3.74. The predicted molar refractivity (Wildman–Crippen MR) is 124 cm³/mol. The number of sulfone groups is 1. The van der Waals surface area contributed by atoms with E-state index < -0.39 is 9.84 Å². The van der Waals surface area contributed by atoms with Gasteiger partial charge in [-0.25, -0.2) is 13.4 Å². The normalized spacial score (nSPS) is 15.6. The van der Waals surface area contributed by atoms with E-state index >= 15 is 0 Å². The van der Waals surface area contributed by atoms with Crippen molar-refractivity contribution in [1.29, 1.82) is 0 Å². The van der Waals surface area contributed by atoms with Crippen molar-refractivity contribution in [3.05, 3.63) is 63.4 Å². The first-order valence-electron chi connectivity index (χ1n) is 9.62. The molecule has 1 aliphatic heterocycles. The third kappa shape index (κ3) is 4.27. The molecule has 0 N–H and O–H groups in total. The van der Waals surface area contributed by atoms with E-state index in [0.29, 0.717) is 30.8 Å². The topological polar surface area (TPSA) is 50.3 Å². The Kier molecular flexibility index (Phi) is 5.82. The average Bonchev–Trinajstić information content (AvgIpc) is 3.20. The minimum absolute atomic E-state index is 0.341. The maximum absolute atomic E-state index is 13.0. The first-order chi connectivity index (χ1) is 13.8. The molecule has 1 saturated heterocycles. The summed E-state index contributed by atoms with van der Waals surface area (Å²) in [5.74, 6) is 0. The molecule has 1 aliphatic rings. The molecule has 3 aromatic rings. The second-order valence-corrected chi connectivity index (χ2v) is 11.5. The van der Waals surface area contributed by atoms with Crippen LogP contribution in [0.5, 0.6) is 0 Å². The Hall–Kier alpha value is -1.70. The lowest BCUT2D eigenvalue weighted by molar-refractivity contribution is 0.529. The van der Waals surface area contributed by atoms with E-state index in [1.807, 2.05) is 6.07 Å². The van der Waals surface area contributed by atoms with Gasteiger partial charge in [0.25, 0.3) is 0 Å². The Labute approximate surface area is 184 Å². The summed E-state index contributed by atoms with van der Waals surface area (Å²) in [6, 6.07) is 13.4. The second-order valence-electron chi connectivity index (χ2n) is 7.52. The van der Waals surface area contributed by atoms with Crippen molar-refractivity contribution in [2.45, 2.75) is 36.8 Å². The highest BCUT2D eigenvalue weighted by Crippen LogP contribution is 2.33. The van der Waals surface area contributed by atoms with Gasteiger partial charge in [0.1, 0.15) is 0 Å². The number of hydrogen-bond donors (Lipinski definition) is 0. The van der Waals surface area contributed by atoms with Gasteiger partial charge in [0, 0.05) is 28.5 Å². The molecule has 1 fully saturated rings. The fourth-order valence-corrected chi connectivity index (χ4v) is 6.94. The van der Waals surface area contributed by atoms with Gasteiger partial charge in [0.2, 0.25) is 0 Å². The van der Waals surface area contributed by atoms with Gasteiger partial charge in [0.05, 0.1) is 15.8 Å². The molecule has 152 valence electrons. The van der Waals surface area contributed by atoms with Gasteiger partial charge in [-0.05, 0) is 56.5 Å². The first-order valence-corrected chi connectivity index (χ1v) is 12.8. The van der Waals surface area contributed by atoms with Crippen LogP contribution in [0, 0.1) is 13.8 Å². The molecule has 0 unspecified atom stereocenters. The van der Waals surface area contributed by atoms with E-state index in [4.69, 9.17) is 4.98 Å². The zero-order chi connectivity index (χ0) is 20.6. The second kappa shape index (κ2) is 8.20. The third-order valence-electron chi connectivity index (χ3n) is 5.44. The maximum Gasteiger partial charge on any atom is 0.185 e. The number of nitrogens with zero attached hydrogens (tertiary/aromatic N) is 2. The number of benzene rings is 2. The summed E-state index contributed by atoms with van der Waals surface area (Å²) in [5, 5.41) is 2.73. The van der Waals surface area contributed by atoms with Gasteiger partial charge < -0.3 is 4.90 Å². The molecule has 0 amide bonds. The van der Waals surface area contributed by atoms with Gasteiger partial charge in [-0.2, -0.15) is 0 Å². The number of thiazole rings is 1. The van der Waals surface area contributed by atoms with Crippen LogP contribution in [-0.2, 0) is 9.84 Å². The van der Waals surface area contributed by atoms with Crippen LogP contribution in [0.3, 0.4) is 0 Å². The molecule has 0 radical (unpaired) electrons. The lowest BCUT2D eigenvalue weighted by atomic mass is 10.0. The highest BCUT2D eigenvalue weighted by atomic mass is 79.9.